The number of likely N-dealkylation sites (tertiary alicyclic amines) is 1. The molecule has 1 fully saturated rings. The van der Waals surface area contributed by atoms with Crippen molar-refractivity contribution in [1.82, 2.24) is 19.9 Å². The van der Waals surface area contributed by atoms with E-state index in [0.717, 1.165) is 0 Å². The van der Waals surface area contributed by atoms with Crippen LogP contribution in [-0.4, -0.2) is 55.6 Å². The molecule has 0 radical (unpaired) electrons. The van der Waals surface area contributed by atoms with Gasteiger partial charge in [0.2, 0.25) is 5.91 Å². The van der Waals surface area contributed by atoms with Crippen LogP contribution in [0.2, 0.25) is 0 Å². The minimum atomic E-state index is -0.569. The molecule has 5 N–H and O–H groups in total. The topological polar surface area (TPSA) is 122 Å². The Morgan fingerprint density at radius 3 is 2.58 bits per heavy atom. The van der Waals surface area contributed by atoms with Crippen molar-refractivity contribution in [1.29, 1.82) is 0 Å². The third-order valence-corrected chi connectivity index (χ3v) is 4.22. The molecule has 1 aromatic rings. The number of aromatic nitrogens is 2. The summed E-state index contributed by atoms with van der Waals surface area (Å²) in [6.07, 6.45) is 6.21. The first-order valence-corrected chi connectivity index (χ1v) is 8.05. The largest absolute Gasteiger partial charge is 0.397 e. The summed E-state index contributed by atoms with van der Waals surface area (Å²) in [6, 6.07) is -0.577. The summed E-state index contributed by atoms with van der Waals surface area (Å²) in [5, 5.41) is 11.1. The molecule has 8 heteroatoms. The number of rotatable bonds is 5. The second kappa shape index (κ2) is 7.59. The predicted octanol–water partition coefficient (Wildman–Crippen LogP) is -0.0843. The molecular weight excluding hydrogens is 308 g/mol. The van der Waals surface area contributed by atoms with E-state index in [9.17, 15) is 9.90 Å². The maximum absolute atomic E-state index is 12.9. The number of carbonyl (C=O) groups excluding carboxylic acids is 1. The van der Waals surface area contributed by atoms with Crippen LogP contribution >= 0.6 is 0 Å². The Kier molecular flexibility index (Phi) is 5.74. The van der Waals surface area contributed by atoms with Crippen LogP contribution in [0.25, 0.3) is 5.70 Å². The Morgan fingerprint density at radius 2 is 2.08 bits per heavy atom. The molecule has 3 atom stereocenters. The van der Waals surface area contributed by atoms with Gasteiger partial charge in [-0.2, -0.15) is 0 Å². The molecule has 1 amide bonds. The van der Waals surface area contributed by atoms with E-state index >= 15 is 0 Å². The Bertz CT molecular complexity index is 591. The van der Waals surface area contributed by atoms with E-state index < -0.39 is 12.1 Å². The first kappa shape index (κ1) is 18.2. The van der Waals surface area contributed by atoms with E-state index in [1.165, 1.54) is 17.5 Å². The second-order valence-electron chi connectivity index (χ2n) is 6.58. The zero-order chi connectivity index (χ0) is 17.9. The van der Waals surface area contributed by atoms with Gasteiger partial charge in [-0.25, -0.2) is 15.8 Å². The molecule has 2 heterocycles. The van der Waals surface area contributed by atoms with Crippen molar-refractivity contribution in [3.8, 4) is 0 Å². The molecule has 0 saturated carbocycles. The van der Waals surface area contributed by atoms with Gasteiger partial charge in [-0.3, -0.25) is 4.79 Å². The highest BCUT2D eigenvalue weighted by Gasteiger charge is 2.37. The van der Waals surface area contributed by atoms with Crippen molar-refractivity contribution in [3.05, 3.63) is 30.5 Å². The number of nitrogens with two attached hydrogens (primary N) is 2. The van der Waals surface area contributed by atoms with Crippen molar-refractivity contribution >= 4 is 11.6 Å². The van der Waals surface area contributed by atoms with Gasteiger partial charge in [0.25, 0.3) is 0 Å². The molecule has 1 aromatic heterocycles. The number of nitrogens with zero attached hydrogens (tertiary/aromatic N) is 4. The Balaban J connectivity index is 2.19. The zero-order valence-electron chi connectivity index (χ0n) is 14.3. The minimum absolute atomic E-state index is 0.00833. The summed E-state index contributed by atoms with van der Waals surface area (Å²) < 4.78 is 0. The lowest BCUT2D eigenvalue weighted by Crippen LogP contribution is -2.53. The first-order chi connectivity index (χ1) is 11.3. The van der Waals surface area contributed by atoms with Crippen LogP contribution in [0.4, 0.5) is 0 Å². The smallest absolute Gasteiger partial charge is 0.247 e. The molecule has 0 aliphatic carbocycles. The van der Waals surface area contributed by atoms with Gasteiger partial charge in [0.1, 0.15) is 12.4 Å². The van der Waals surface area contributed by atoms with E-state index in [2.05, 4.69) is 9.97 Å². The number of carbonyl (C=O) groups is 1. The molecular formula is C16H26N6O2. The summed E-state index contributed by atoms with van der Waals surface area (Å²) in [5.74, 6) is 6.00. The van der Waals surface area contributed by atoms with Crippen LogP contribution in [0.5, 0.6) is 0 Å². The van der Waals surface area contributed by atoms with Crippen LogP contribution in [0, 0.1) is 5.92 Å². The molecule has 1 aliphatic heterocycles. The molecule has 0 spiro atoms. The van der Waals surface area contributed by atoms with Gasteiger partial charge in [0, 0.05) is 36.7 Å². The highest BCUT2D eigenvalue weighted by atomic mass is 16.3. The standard InChI is InChI=1S/C16H26N6O2/c1-10(2)15(16(24)21-7-13(23)4-11(21)3)22(18)8-14(17)12-5-19-9-20-6-12/h5-6,8-11,13,15,23H,4,7,17-18H2,1-3H3/b14-8-. The normalized spacial score (nSPS) is 22.8. The SMILES string of the molecule is CC(C)C(C(=O)N1CC(O)CC1C)N(N)/C=C(\N)c1cncnc1. The lowest BCUT2D eigenvalue weighted by molar-refractivity contribution is -0.138. The Labute approximate surface area is 142 Å². The Hall–Kier alpha value is -2.19. The van der Waals surface area contributed by atoms with Crippen molar-refractivity contribution < 1.29 is 9.90 Å². The molecule has 0 bridgehead atoms. The molecule has 24 heavy (non-hydrogen) atoms. The third kappa shape index (κ3) is 4.01. The summed E-state index contributed by atoms with van der Waals surface area (Å²) in [7, 11) is 0. The van der Waals surface area contributed by atoms with E-state index in [1.54, 1.807) is 17.3 Å². The van der Waals surface area contributed by atoms with Gasteiger partial charge in [0.15, 0.2) is 0 Å². The highest BCUT2D eigenvalue weighted by Crippen LogP contribution is 2.22. The van der Waals surface area contributed by atoms with Crippen LogP contribution in [0.1, 0.15) is 32.8 Å². The average molecular weight is 334 g/mol. The van der Waals surface area contributed by atoms with Gasteiger partial charge < -0.3 is 20.7 Å². The minimum Gasteiger partial charge on any atom is -0.397 e. The number of hydrogen-bond acceptors (Lipinski definition) is 7. The average Bonchev–Trinajstić information content (AvgIpc) is 2.86. The predicted molar refractivity (Wildman–Crippen MR) is 90.6 cm³/mol. The van der Waals surface area contributed by atoms with Gasteiger partial charge >= 0.3 is 0 Å². The lowest BCUT2D eigenvalue weighted by Gasteiger charge is -2.33. The molecule has 0 aromatic carbocycles. The van der Waals surface area contributed by atoms with Crippen LogP contribution in [0.15, 0.2) is 24.9 Å². The molecule has 3 unspecified atom stereocenters. The quantitative estimate of drug-likeness (QED) is 0.508. The zero-order valence-corrected chi connectivity index (χ0v) is 14.3. The number of aliphatic hydroxyl groups excluding tert-OH is 1. The fourth-order valence-electron chi connectivity index (χ4n) is 3.00. The molecule has 8 nitrogen and oxygen atoms in total. The fourth-order valence-corrected chi connectivity index (χ4v) is 3.00. The van der Waals surface area contributed by atoms with Gasteiger partial charge in [-0.1, -0.05) is 13.8 Å². The monoisotopic (exact) mass is 334 g/mol. The fraction of sp³-hybridized carbons (Fsp3) is 0.562. The van der Waals surface area contributed by atoms with Gasteiger partial charge in [0.05, 0.1) is 11.8 Å². The van der Waals surface area contributed by atoms with E-state index in [-0.39, 0.29) is 17.9 Å². The maximum Gasteiger partial charge on any atom is 0.247 e. The van der Waals surface area contributed by atoms with Crippen LogP contribution in [0.3, 0.4) is 0 Å². The number of hydrogen-bond donors (Lipinski definition) is 3. The molecule has 1 saturated heterocycles. The number of hydrazine groups is 1. The van der Waals surface area contributed by atoms with Gasteiger partial charge in [-0.05, 0) is 19.3 Å². The van der Waals surface area contributed by atoms with Crippen molar-refractivity contribution in [2.45, 2.75) is 45.4 Å². The third-order valence-electron chi connectivity index (χ3n) is 4.22. The Morgan fingerprint density at radius 1 is 1.46 bits per heavy atom. The summed E-state index contributed by atoms with van der Waals surface area (Å²) in [6.45, 7) is 6.12. The number of amides is 1. The van der Waals surface area contributed by atoms with Gasteiger partial charge in [-0.15, -0.1) is 0 Å². The van der Waals surface area contributed by atoms with E-state index in [4.69, 9.17) is 11.6 Å². The number of β-amino-alcohol motifs (C(OH)–C–C–N with tert-alkyl or cyclic N) is 1. The number of aliphatic hydroxyl groups is 1. The first-order valence-electron chi connectivity index (χ1n) is 8.05. The lowest BCUT2D eigenvalue weighted by atomic mass is 10.0. The second-order valence-corrected chi connectivity index (χ2v) is 6.58. The summed E-state index contributed by atoms with van der Waals surface area (Å²) in [4.78, 5) is 22.4. The molecule has 132 valence electrons. The molecule has 2 rings (SSSR count). The van der Waals surface area contributed by atoms with Crippen molar-refractivity contribution in [2.24, 2.45) is 17.5 Å². The van der Waals surface area contributed by atoms with Crippen LogP contribution < -0.4 is 11.6 Å². The van der Waals surface area contributed by atoms with E-state index in [0.29, 0.717) is 24.2 Å². The summed E-state index contributed by atoms with van der Waals surface area (Å²) in [5.41, 5.74) is 7.04. The summed E-state index contributed by atoms with van der Waals surface area (Å²) >= 11 is 0. The van der Waals surface area contributed by atoms with Crippen LogP contribution in [-0.2, 0) is 4.79 Å². The van der Waals surface area contributed by atoms with Crippen molar-refractivity contribution in [2.75, 3.05) is 6.54 Å². The molecule has 1 aliphatic rings. The van der Waals surface area contributed by atoms with E-state index in [1.807, 2.05) is 20.8 Å². The highest BCUT2D eigenvalue weighted by molar-refractivity contribution is 5.83. The van der Waals surface area contributed by atoms with Crippen molar-refractivity contribution in [3.63, 3.8) is 0 Å². The maximum atomic E-state index is 12.9.